The van der Waals surface area contributed by atoms with E-state index in [2.05, 4.69) is 12.2 Å². The van der Waals surface area contributed by atoms with E-state index in [0.29, 0.717) is 18.4 Å². The molecular weight excluding hydrogens is 532 g/mol. The molecule has 7 unspecified atom stereocenters. The summed E-state index contributed by atoms with van der Waals surface area (Å²) in [7, 11) is 0. The zero-order valence-corrected chi connectivity index (χ0v) is 25.7. The molecule has 238 valence electrons. The van der Waals surface area contributed by atoms with Gasteiger partial charge in [0, 0.05) is 31.5 Å². The highest BCUT2D eigenvalue weighted by Gasteiger charge is 2.50. The summed E-state index contributed by atoms with van der Waals surface area (Å²) in [6, 6.07) is 0. The normalized spacial score (nSPS) is 42.4. The van der Waals surface area contributed by atoms with Crippen LogP contribution in [-0.4, -0.2) is 60.3 Å². The molecule has 0 spiro atoms. The van der Waals surface area contributed by atoms with E-state index in [9.17, 15) is 15.0 Å². The van der Waals surface area contributed by atoms with Gasteiger partial charge in [0.05, 0.1) is 24.7 Å². The predicted molar refractivity (Wildman–Crippen MR) is 160 cm³/mol. The number of carboxylic acids is 1. The van der Waals surface area contributed by atoms with Gasteiger partial charge in [-0.3, -0.25) is 4.79 Å². The first-order valence-corrected chi connectivity index (χ1v) is 17.6. The number of unbranched alkanes of at least 4 members (excludes halogenated alkanes) is 2. The SMILES string of the molecule is O=C(O)CC1C(O)CC(OC2CCCCO2)C1C=CC(CCCCCC12CC3CC(CC(C3)C1)C2)OC1CCCCO1. The minimum Gasteiger partial charge on any atom is -0.481 e. The molecule has 0 aromatic carbocycles. The third-order valence-electron chi connectivity index (χ3n) is 11.6. The standard InChI is InChI=1S/C35H56O7/c36-30-20-31(42-34-10-4-7-15-40-34)28(29(30)19-32(37)38)12-11-27(41-33-9-3-6-14-39-33)8-2-1-5-13-35-21-24-16-25(22-35)18-26(17-24)23-35/h11-12,24-31,33-34,36H,1-10,13-23H2,(H,37,38). The van der Waals surface area contributed by atoms with Crippen molar-refractivity contribution in [1.82, 2.24) is 0 Å². The van der Waals surface area contributed by atoms with Crippen molar-refractivity contribution in [3.8, 4) is 0 Å². The van der Waals surface area contributed by atoms with Crippen molar-refractivity contribution < 1.29 is 34.0 Å². The van der Waals surface area contributed by atoms with Crippen LogP contribution >= 0.6 is 0 Å². The van der Waals surface area contributed by atoms with Crippen LogP contribution in [0.2, 0.25) is 0 Å². The van der Waals surface area contributed by atoms with Gasteiger partial charge in [-0.1, -0.05) is 31.4 Å². The van der Waals surface area contributed by atoms with E-state index >= 15 is 0 Å². The van der Waals surface area contributed by atoms with E-state index in [1.807, 2.05) is 0 Å². The molecule has 7 nitrogen and oxygen atoms in total. The lowest BCUT2D eigenvalue weighted by atomic mass is 9.48. The van der Waals surface area contributed by atoms with Gasteiger partial charge in [0.25, 0.3) is 0 Å². The van der Waals surface area contributed by atoms with Gasteiger partial charge in [-0.25, -0.2) is 0 Å². The van der Waals surface area contributed by atoms with Crippen LogP contribution in [0.1, 0.15) is 122 Å². The first-order valence-electron chi connectivity index (χ1n) is 17.6. The Morgan fingerprint density at radius 2 is 1.55 bits per heavy atom. The van der Waals surface area contributed by atoms with Crippen LogP contribution in [0.4, 0.5) is 0 Å². The molecule has 7 heteroatoms. The summed E-state index contributed by atoms with van der Waals surface area (Å²) in [5, 5.41) is 20.5. The third-order valence-corrected chi connectivity index (χ3v) is 11.6. The second-order valence-electron chi connectivity index (χ2n) is 15.0. The molecule has 4 bridgehead atoms. The van der Waals surface area contributed by atoms with Crippen molar-refractivity contribution in [3.63, 3.8) is 0 Å². The smallest absolute Gasteiger partial charge is 0.303 e. The van der Waals surface area contributed by atoms with Gasteiger partial charge in [-0.2, -0.15) is 0 Å². The summed E-state index contributed by atoms with van der Waals surface area (Å²) >= 11 is 0. The number of aliphatic hydroxyl groups is 1. The summed E-state index contributed by atoms with van der Waals surface area (Å²) in [5.41, 5.74) is 0.653. The van der Waals surface area contributed by atoms with E-state index in [1.165, 1.54) is 57.8 Å². The average molecular weight is 589 g/mol. The van der Waals surface area contributed by atoms with Crippen LogP contribution in [0.15, 0.2) is 12.2 Å². The second-order valence-corrected chi connectivity index (χ2v) is 15.0. The van der Waals surface area contributed by atoms with Crippen molar-refractivity contribution in [3.05, 3.63) is 12.2 Å². The van der Waals surface area contributed by atoms with Gasteiger partial charge in [0.2, 0.25) is 0 Å². The first-order chi connectivity index (χ1) is 20.4. The number of hydrogen-bond donors (Lipinski definition) is 2. The molecule has 5 aliphatic carbocycles. The zero-order valence-electron chi connectivity index (χ0n) is 25.7. The molecule has 2 saturated heterocycles. The highest BCUT2D eigenvalue weighted by Crippen LogP contribution is 2.61. The van der Waals surface area contributed by atoms with Gasteiger partial charge in [-0.05, 0) is 113 Å². The van der Waals surface area contributed by atoms with Crippen LogP contribution in [0.5, 0.6) is 0 Å². The number of hydrogen-bond acceptors (Lipinski definition) is 6. The molecule has 7 fully saturated rings. The number of aliphatic carboxylic acids is 1. The van der Waals surface area contributed by atoms with Crippen molar-refractivity contribution in [2.45, 2.75) is 153 Å². The highest BCUT2D eigenvalue weighted by atomic mass is 16.7. The van der Waals surface area contributed by atoms with Crippen LogP contribution < -0.4 is 0 Å². The summed E-state index contributed by atoms with van der Waals surface area (Å²) in [6.45, 7) is 1.44. The molecule has 2 heterocycles. The molecule has 0 aromatic heterocycles. The van der Waals surface area contributed by atoms with Crippen molar-refractivity contribution in [2.75, 3.05) is 13.2 Å². The molecule has 5 saturated carbocycles. The predicted octanol–water partition coefficient (Wildman–Crippen LogP) is 7.00. The van der Waals surface area contributed by atoms with E-state index in [0.717, 1.165) is 75.7 Å². The first kappa shape index (κ1) is 31.0. The number of aliphatic hydroxyl groups excluding tert-OH is 1. The third kappa shape index (κ3) is 7.99. The number of ether oxygens (including phenoxy) is 4. The molecule has 42 heavy (non-hydrogen) atoms. The van der Waals surface area contributed by atoms with Gasteiger partial charge in [-0.15, -0.1) is 0 Å². The lowest BCUT2D eigenvalue weighted by Crippen LogP contribution is -2.45. The van der Waals surface area contributed by atoms with Crippen LogP contribution in [0.3, 0.4) is 0 Å². The van der Waals surface area contributed by atoms with Crippen molar-refractivity contribution in [1.29, 1.82) is 0 Å². The van der Waals surface area contributed by atoms with Gasteiger partial charge in [0.1, 0.15) is 0 Å². The average Bonchev–Trinajstić information content (AvgIpc) is 3.24. The Morgan fingerprint density at radius 3 is 2.17 bits per heavy atom. The minimum atomic E-state index is -0.880. The monoisotopic (exact) mass is 588 g/mol. The Labute approximate surface area is 253 Å². The van der Waals surface area contributed by atoms with Crippen LogP contribution in [0.25, 0.3) is 0 Å². The molecule has 2 N–H and O–H groups in total. The van der Waals surface area contributed by atoms with Gasteiger partial charge >= 0.3 is 5.97 Å². The molecule has 0 aromatic rings. The molecule has 7 aliphatic rings. The summed E-state index contributed by atoms with van der Waals surface area (Å²) in [6.07, 6.45) is 24.2. The topological polar surface area (TPSA) is 94.5 Å². The fourth-order valence-electron chi connectivity index (χ4n) is 10.1. The number of carbonyl (C=O) groups is 1. The second kappa shape index (κ2) is 14.4. The Hall–Kier alpha value is -0.990. The van der Waals surface area contributed by atoms with Crippen LogP contribution in [-0.2, 0) is 23.7 Å². The molecule has 2 aliphatic heterocycles. The van der Waals surface area contributed by atoms with Gasteiger partial charge in [0.15, 0.2) is 12.6 Å². The molecule has 0 radical (unpaired) electrons. The summed E-state index contributed by atoms with van der Waals surface area (Å²) in [4.78, 5) is 11.7. The van der Waals surface area contributed by atoms with E-state index in [1.54, 1.807) is 0 Å². The lowest BCUT2D eigenvalue weighted by molar-refractivity contribution is -0.193. The van der Waals surface area contributed by atoms with Crippen LogP contribution in [0, 0.1) is 35.0 Å². The minimum absolute atomic E-state index is 0.0663. The maximum absolute atomic E-state index is 11.7. The largest absolute Gasteiger partial charge is 0.481 e. The zero-order chi connectivity index (χ0) is 28.9. The fraction of sp³-hybridized carbons (Fsp3) is 0.914. The maximum Gasteiger partial charge on any atom is 0.303 e. The Morgan fingerprint density at radius 1 is 0.881 bits per heavy atom. The van der Waals surface area contributed by atoms with Crippen molar-refractivity contribution >= 4 is 5.97 Å². The van der Waals surface area contributed by atoms with Gasteiger partial charge < -0.3 is 29.2 Å². The molecule has 0 amide bonds. The summed E-state index contributed by atoms with van der Waals surface area (Å²) < 4.78 is 24.6. The number of carboxylic acid groups (broad SMARTS) is 1. The molecule has 7 atom stereocenters. The summed E-state index contributed by atoms with van der Waals surface area (Å²) in [5.74, 6) is 1.62. The highest BCUT2D eigenvalue weighted by molar-refractivity contribution is 5.67. The number of rotatable bonds is 14. The molecular formula is C35H56O7. The van der Waals surface area contributed by atoms with E-state index in [-0.39, 0.29) is 43.0 Å². The fourth-order valence-corrected chi connectivity index (χ4v) is 10.1. The Balaban J connectivity index is 1.06. The maximum atomic E-state index is 11.7. The lowest BCUT2D eigenvalue weighted by Gasteiger charge is -2.57. The Kier molecular flexibility index (Phi) is 10.6. The quantitative estimate of drug-likeness (QED) is 0.167. The molecule has 7 rings (SSSR count). The van der Waals surface area contributed by atoms with E-state index < -0.39 is 12.1 Å². The van der Waals surface area contributed by atoms with Crippen molar-refractivity contribution in [2.24, 2.45) is 35.0 Å². The Bertz CT molecular complexity index is 856. The van der Waals surface area contributed by atoms with E-state index in [4.69, 9.17) is 18.9 Å².